The van der Waals surface area contributed by atoms with Crippen LogP contribution in [-0.2, 0) is 0 Å². The number of likely N-dealkylation sites (tertiary alicyclic amines) is 2. The third kappa shape index (κ3) is 7.20. The van der Waals surface area contributed by atoms with E-state index in [1.165, 1.54) is 56.5 Å². The van der Waals surface area contributed by atoms with Crippen molar-refractivity contribution in [3.8, 4) is 0 Å². The number of hydrogen-bond donors (Lipinski definition) is 3. The van der Waals surface area contributed by atoms with Gasteiger partial charge in [0.25, 0.3) is 0 Å². The zero-order chi connectivity index (χ0) is 20.7. The van der Waals surface area contributed by atoms with Crippen LogP contribution in [0.5, 0.6) is 0 Å². The minimum Gasteiger partial charge on any atom is -0.386 e. The average Bonchev–Trinajstić information content (AvgIpc) is 3.18. The molecule has 3 rings (SSSR count). The van der Waals surface area contributed by atoms with Crippen LogP contribution in [0, 0.1) is 0 Å². The lowest BCUT2D eigenvalue weighted by molar-refractivity contribution is 0.0208. The van der Waals surface area contributed by atoms with Crippen LogP contribution in [0.1, 0.15) is 50.0 Å². The molecule has 6 nitrogen and oxygen atoms in total. The van der Waals surface area contributed by atoms with Crippen molar-refractivity contribution in [2.24, 2.45) is 4.99 Å². The summed E-state index contributed by atoms with van der Waals surface area (Å²) in [6.45, 7) is 8.75. The molecule has 1 aromatic heterocycles. The molecule has 1 unspecified atom stereocenters. The third-order valence-corrected chi connectivity index (χ3v) is 7.54. The van der Waals surface area contributed by atoms with Gasteiger partial charge in [-0.05, 0) is 78.0 Å². The van der Waals surface area contributed by atoms with Crippen LogP contribution >= 0.6 is 46.9 Å². The van der Waals surface area contributed by atoms with Crippen molar-refractivity contribution in [2.75, 3.05) is 52.9 Å². The average molecular weight is 570 g/mol. The Morgan fingerprint density at radius 2 is 1.90 bits per heavy atom. The van der Waals surface area contributed by atoms with Gasteiger partial charge in [-0.2, -0.15) is 0 Å². The molecule has 0 aromatic carbocycles. The molecule has 3 heterocycles. The summed E-state index contributed by atoms with van der Waals surface area (Å²) in [6, 6.07) is 3.71. The summed E-state index contributed by atoms with van der Waals surface area (Å²) in [5.41, 5.74) is 0.162. The highest BCUT2D eigenvalue weighted by atomic mass is 127. The van der Waals surface area contributed by atoms with Gasteiger partial charge in [-0.3, -0.25) is 9.89 Å². The maximum absolute atomic E-state index is 10.4. The highest BCUT2D eigenvalue weighted by Crippen LogP contribution is 2.32. The Kier molecular flexibility index (Phi) is 11.1. The molecule has 2 fully saturated rings. The topological polar surface area (TPSA) is 63.1 Å². The fourth-order valence-corrected chi connectivity index (χ4v) is 5.39. The van der Waals surface area contributed by atoms with E-state index in [0.29, 0.717) is 10.9 Å². The second kappa shape index (κ2) is 12.8. The van der Waals surface area contributed by atoms with E-state index < -0.39 is 6.10 Å². The first-order chi connectivity index (χ1) is 14.0. The molecule has 9 heteroatoms. The molecule has 0 aliphatic carbocycles. The number of piperidine rings is 2. The Balaban J connectivity index is 0.00000320. The molecular weight excluding hydrogens is 533 g/mol. The van der Waals surface area contributed by atoms with E-state index in [2.05, 4.69) is 34.4 Å². The largest absolute Gasteiger partial charge is 0.386 e. The molecule has 30 heavy (non-hydrogen) atoms. The first-order valence-electron chi connectivity index (χ1n) is 10.9. The Labute approximate surface area is 207 Å². The fraction of sp³-hybridized carbons (Fsp3) is 0.762. The van der Waals surface area contributed by atoms with Gasteiger partial charge in [0.2, 0.25) is 0 Å². The minimum absolute atomic E-state index is 0. The summed E-state index contributed by atoms with van der Waals surface area (Å²) >= 11 is 7.41. The highest BCUT2D eigenvalue weighted by molar-refractivity contribution is 14.0. The van der Waals surface area contributed by atoms with Crippen molar-refractivity contribution in [1.82, 2.24) is 20.4 Å². The number of nitrogens with one attached hydrogen (secondary N) is 2. The van der Waals surface area contributed by atoms with Crippen molar-refractivity contribution in [3.63, 3.8) is 0 Å². The predicted octanol–water partition coefficient (Wildman–Crippen LogP) is 3.56. The van der Waals surface area contributed by atoms with Gasteiger partial charge in [0.1, 0.15) is 6.10 Å². The van der Waals surface area contributed by atoms with Crippen LogP contribution in [0.25, 0.3) is 0 Å². The van der Waals surface area contributed by atoms with Crippen LogP contribution < -0.4 is 10.6 Å². The van der Waals surface area contributed by atoms with E-state index in [0.717, 1.165) is 37.0 Å². The van der Waals surface area contributed by atoms with Gasteiger partial charge in [0.15, 0.2) is 5.96 Å². The SMILES string of the molecule is CCNC(=NCC1(N2CCCCC2)CCN(C)CC1)NCC(O)c1ccc(Cl)s1.I. The number of nitrogens with zero attached hydrogens (tertiary/aromatic N) is 3. The van der Waals surface area contributed by atoms with E-state index in [1.807, 2.05) is 12.1 Å². The highest BCUT2D eigenvalue weighted by Gasteiger charge is 2.39. The first-order valence-corrected chi connectivity index (χ1v) is 12.1. The monoisotopic (exact) mass is 569 g/mol. The molecule has 172 valence electrons. The number of aliphatic imine (C=N–C) groups is 1. The number of hydrogen-bond acceptors (Lipinski definition) is 5. The maximum Gasteiger partial charge on any atom is 0.191 e. The number of aliphatic hydroxyl groups excluding tert-OH is 1. The Hall–Kier alpha value is -0.130. The summed E-state index contributed by atoms with van der Waals surface area (Å²) in [5.74, 6) is 0.782. The van der Waals surface area contributed by atoms with E-state index in [9.17, 15) is 5.11 Å². The second-order valence-electron chi connectivity index (χ2n) is 8.31. The lowest BCUT2D eigenvalue weighted by Crippen LogP contribution is -2.58. The number of guanidine groups is 1. The molecule has 2 aliphatic heterocycles. The summed E-state index contributed by atoms with van der Waals surface area (Å²) in [6.07, 6.45) is 5.70. The predicted molar refractivity (Wildman–Crippen MR) is 139 cm³/mol. The van der Waals surface area contributed by atoms with Gasteiger partial charge < -0.3 is 20.6 Å². The quantitative estimate of drug-likeness (QED) is 0.266. The van der Waals surface area contributed by atoms with Crippen molar-refractivity contribution in [2.45, 2.75) is 50.7 Å². The van der Waals surface area contributed by atoms with Crippen molar-refractivity contribution < 1.29 is 5.11 Å². The van der Waals surface area contributed by atoms with Gasteiger partial charge in [0.05, 0.1) is 10.9 Å². The first kappa shape index (κ1) is 26.1. The van der Waals surface area contributed by atoms with Gasteiger partial charge in [-0.15, -0.1) is 35.3 Å². The van der Waals surface area contributed by atoms with Crippen molar-refractivity contribution in [3.05, 3.63) is 21.3 Å². The minimum atomic E-state index is -0.587. The molecular formula is C21H37ClIN5OS. The van der Waals surface area contributed by atoms with Gasteiger partial charge >= 0.3 is 0 Å². The van der Waals surface area contributed by atoms with E-state index in [-0.39, 0.29) is 29.5 Å². The molecule has 1 atom stereocenters. The summed E-state index contributed by atoms with van der Waals surface area (Å²) in [4.78, 5) is 11.0. The second-order valence-corrected chi connectivity index (χ2v) is 10.1. The molecule has 1 aromatic rings. The van der Waals surface area contributed by atoms with Crippen LogP contribution in [0.2, 0.25) is 4.34 Å². The number of rotatable bonds is 7. The van der Waals surface area contributed by atoms with E-state index >= 15 is 0 Å². The zero-order valence-corrected chi connectivity index (χ0v) is 22.1. The maximum atomic E-state index is 10.4. The number of halogens is 2. The molecule has 0 bridgehead atoms. The smallest absolute Gasteiger partial charge is 0.191 e. The van der Waals surface area contributed by atoms with Crippen LogP contribution in [0.4, 0.5) is 0 Å². The van der Waals surface area contributed by atoms with E-state index in [4.69, 9.17) is 16.6 Å². The lowest BCUT2D eigenvalue weighted by Gasteiger charge is -2.49. The third-order valence-electron chi connectivity index (χ3n) is 6.21. The van der Waals surface area contributed by atoms with Crippen LogP contribution in [0.3, 0.4) is 0 Å². The van der Waals surface area contributed by atoms with E-state index in [1.54, 1.807) is 0 Å². The summed E-state index contributed by atoms with van der Waals surface area (Å²) in [5, 5.41) is 17.1. The molecule has 2 aliphatic rings. The Morgan fingerprint density at radius 3 is 2.50 bits per heavy atom. The van der Waals surface area contributed by atoms with Crippen LogP contribution in [0.15, 0.2) is 17.1 Å². The number of thiophene rings is 1. The molecule has 0 amide bonds. The lowest BCUT2D eigenvalue weighted by atomic mass is 9.84. The Morgan fingerprint density at radius 1 is 1.20 bits per heavy atom. The van der Waals surface area contributed by atoms with Crippen molar-refractivity contribution >= 4 is 52.9 Å². The Bertz CT molecular complexity index is 660. The zero-order valence-electron chi connectivity index (χ0n) is 18.2. The molecule has 0 radical (unpaired) electrons. The van der Waals surface area contributed by atoms with Crippen molar-refractivity contribution in [1.29, 1.82) is 0 Å². The fourth-order valence-electron chi connectivity index (χ4n) is 4.35. The summed E-state index contributed by atoms with van der Waals surface area (Å²) < 4.78 is 0.699. The standard InChI is InChI=1S/C21H36ClN5OS.HI/c1-3-23-20(24-15-17(28)18-7-8-19(22)29-18)25-16-21(9-13-26(2)14-10-21)27-11-5-4-6-12-27;/h7-8,17,28H,3-6,9-16H2,1-2H3,(H2,23,24,25);1H. The molecule has 3 N–H and O–H groups in total. The van der Waals surface area contributed by atoms with Gasteiger partial charge in [-0.25, -0.2) is 0 Å². The summed E-state index contributed by atoms with van der Waals surface area (Å²) in [7, 11) is 2.22. The molecule has 0 saturated carbocycles. The van der Waals surface area contributed by atoms with Gasteiger partial charge in [0, 0.05) is 23.5 Å². The van der Waals surface area contributed by atoms with Gasteiger partial charge in [-0.1, -0.05) is 18.0 Å². The number of aliphatic hydroxyl groups is 1. The normalized spacial score (nSPS) is 21.7. The van der Waals surface area contributed by atoms with Crippen LogP contribution in [-0.4, -0.2) is 79.3 Å². The molecule has 2 saturated heterocycles. The molecule has 0 spiro atoms.